The van der Waals surface area contributed by atoms with Crippen molar-refractivity contribution in [2.75, 3.05) is 11.9 Å². The minimum Gasteiger partial charge on any atom is -0.370 e. The van der Waals surface area contributed by atoms with Gasteiger partial charge in [-0.15, -0.1) is 0 Å². The predicted molar refractivity (Wildman–Crippen MR) is 92.3 cm³/mol. The number of nitrogens with one attached hydrogen (secondary N) is 1. The van der Waals surface area contributed by atoms with Crippen LogP contribution in [-0.2, 0) is 0 Å². The van der Waals surface area contributed by atoms with E-state index in [1.807, 2.05) is 6.92 Å². The van der Waals surface area contributed by atoms with Gasteiger partial charge in [0, 0.05) is 18.0 Å². The number of unbranched alkanes of at least 4 members (excludes halogenated alkanes) is 3. The maximum Gasteiger partial charge on any atom is 0.137 e. The van der Waals surface area contributed by atoms with Gasteiger partial charge in [-0.05, 0) is 19.3 Å². The third kappa shape index (κ3) is 6.64. The Morgan fingerprint density at radius 2 is 1.67 bits per heavy atom. The Bertz CT molecular complexity index is 430. The van der Waals surface area contributed by atoms with Crippen LogP contribution in [0.5, 0.6) is 0 Å². The second-order valence-electron chi connectivity index (χ2n) is 6.52. The highest BCUT2D eigenvalue weighted by atomic mass is 35.5. The van der Waals surface area contributed by atoms with Gasteiger partial charge in [0.1, 0.15) is 16.8 Å². The van der Waals surface area contributed by atoms with E-state index in [1.54, 1.807) is 0 Å². The smallest absolute Gasteiger partial charge is 0.137 e. The van der Waals surface area contributed by atoms with Gasteiger partial charge in [-0.3, -0.25) is 0 Å². The molecule has 0 radical (unpaired) electrons. The summed E-state index contributed by atoms with van der Waals surface area (Å²) in [7, 11) is 0. The molecule has 0 spiro atoms. The van der Waals surface area contributed by atoms with Crippen molar-refractivity contribution in [3.63, 3.8) is 0 Å². The Balaban J connectivity index is 2.38. The topological polar surface area (TPSA) is 37.8 Å². The van der Waals surface area contributed by atoms with Crippen molar-refractivity contribution < 1.29 is 0 Å². The van der Waals surface area contributed by atoms with Gasteiger partial charge in [0.05, 0.1) is 0 Å². The Kier molecular flexibility index (Phi) is 8.02. The second-order valence-corrected chi connectivity index (χ2v) is 6.88. The van der Waals surface area contributed by atoms with Crippen LogP contribution in [0, 0.1) is 12.8 Å². The molecular weight excluding hydrogens is 282 g/mol. The van der Waals surface area contributed by atoms with Gasteiger partial charge in [-0.1, -0.05) is 65.0 Å². The van der Waals surface area contributed by atoms with E-state index in [0.717, 1.165) is 29.7 Å². The molecule has 0 amide bonds. The molecular formula is C17H30ClN3. The summed E-state index contributed by atoms with van der Waals surface area (Å²) in [5, 5.41) is 3.98. The average Bonchev–Trinajstić information content (AvgIpc) is 2.41. The molecule has 0 saturated carbocycles. The maximum atomic E-state index is 6.18. The summed E-state index contributed by atoms with van der Waals surface area (Å²) < 4.78 is 0. The summed E-state index contributed by atoms with van der Waals surface area (Å²) >= 11 is 6.18. The quantitative estimate of drug-likeness (QED) is 0.478. The summed E-state index contributed by atoms with van der Waals surface area (Å²) in [6.45, 7) is 11.7. The molecule has 0 bridgehead atoms. The van der Waals surface area contributed by atoms with E-state index in [2.05, 4.69) is 43.0 Å². The highest BCUT2D eigenvalue weighted by Crippen LogP contribution is 2.23. The molecule has 0 aromatic carbocycles. The van der Waals surface area contributed by atoms with E-state index < -0.39 is 0 Å². The Morgan fingerprint density at radius 3 is 2.29 bits per heavy atom. The normalized spacial score (nSPS) is 11.4. The Labute approximate surface area is 134 Å². The first-order chi connectivity index (χ1) is 9.91. The van der Waals surface area contributed by atoms with Gasteiger partial charge in [0.15, 0.2) is 0 Å². The predicted octanol–water partition coefficient (Wildman–Crippen LogP) is 5.58. The van der Waals surface area contributed by atoms with Crippen molar-refractivity contribution in [3.8, 4) is 0 Å². The molecule has 0 aliphatic carbocycles. The van der Waals surface area contributed by atoms with Crippen molar-refractivity contribution >= 4 is 17.4 Å². The van der Waals surface area contributed by atoms with Gasteiger partial charge in [0.2, 0.25) is 0 Å². The van der Waals surface area contributed by atoms with Crippen LogP contribution >= 0.6 is 11.6 Å². The van der Waals surface area contributed by atoms with Gasteiger partial charge >= 0.3 is 0 Å². The van der Waals surface area contributed by atoms with Gasteiger partial charge in [0.25, 0.3) is 0 Å². The fraction of sp³-hybridized carbons (Fsp3) is 0.765. The lowest BCUT2D eigenvalue weighted by Gasteiger charge is -2.13. The van der Waals surface area contributed by atoms with Crippen LogP contribution in [0.15, 0.2) is 0 Å². The largest absolute Gasteiger partial charge is 0.370 e. The van der Waals surface area contributed by atoms with Crippen molar-refractivity contribution in [1.82, 2.24) is 9.97 Å². The van der Waals surface area contributed by atoms with E-state index in [0.29, 0.717) is 11.1 Å². The highest BCUT2D eigenvalue weighted by molar-refractivity contribution is 6.30. The number of halogens is 1. The van der Waals surface area contributed by atoms with Crippen LogP contribution in [-0.4, -0.2) is 16.5 Å². The van der Waals surface area contributed by atoms with Crippen LogP contribution in [0.25, 0.3) is 0 Å². The van der Waals surface area contributed by atoms with Crippen LogP contribution in [0.3, 0.4) is 0 Å². The zero-order valence-electron chi connectivity index (χ0n) is 14.2. The molecule has 0 aliphatic heterocycles. The summed E-state index contributed by atoms with van der Waals surface area (Å²) in [4.78, 5) is 8.92. The van der Waals surface area contributed by atoms with Gasteiger partial charge < -0.3 is 5.32 Å². The molecule has 1 rings (SSSR count). The molecule has 0 aliphatic rings. The molecule has 1 aromatic rings. The zero-order chi connectivity index (χ0) is 15.8. The minimum absolute atomic E-state index is 0.291. The monoisotopic (exact) mass is 311 g/mol. The molecule has 4 heteroatoms. The van der Waals surface area contributed by atoms with Gasteiger partial charge in [-0.25, -0.2) is 9.97 Å². The number of hydrogen-bond donors (Lipinski definition) is 1. The number of rotatable bonds is 9. The van der Waals surface area contributed by atoms with Crippen molar-refractivity contribution in [1.29, 1.82) is 0 Å². The van der Waals surface area contributed by atoms with Gasteiger partial charge in [-0.2, -0.15) is 0 Å². The molecule has 0 atom stereocenters. The second kappa shape index (κ2) is 9.24. The van der Waals surface area contributed by atoms with Crippen LogP contribution in [0.4, 0.5) is 5.82 Å². The standard InChI is InChI=1S/C17H30ClN3/c1-12(2)10-8-6-7-9-11-19-17-14(5)15(18)20-16(21-17)13(3)4/h12-13H,6-11H2,1-5H3,(H,19,20,21). The van der Waals surface area contributed by atoms with Crippen LogP contribution < -0.4 is 5.32 Å². The fourth-order valence-electron chi connectivity index (χ4n) is 2.17. The molecule has 0 fully saturated rings. The summed E-state index contributed by atoms with van der Waals surface area (Å²) in [6, 6.07) is 0. The minimum atomic E-state index is 0.291. The molecule has 120 valence electrons. The third-order valence-electron chi connectivity index (χ3n) is 3.62. The van der Waals surface area contributed by atoms with Crippen LogP contribution in [0.2, 0.25) is 5.15 Å². The third-order valence-corrected chi connectivity index (χ3v) is 3.99. The molecule has 1 heterocycles. The molecule has 21 heavy (non-hydrogen) atoms. The first-order valence-corrected chi connectivity index (χ1v) is 8.57. The van der Waals surface area contributed by atoms with E-state index in [9.17, 15) is 0 Å². The Morgan fingerprint density at radius 1 is 1.00 bits per heavy atom. The molecule has 0 saturated heterocycles. The first-order valence-electron chi connectivity index (χ1n) is 8.19. The maximum absolute atomic E-state index is 6.18. The highest BCUT2D eigenvalue weighted by Gasteiger charge is 2.11. The Hall–Kier alpha value is -0.830. The number of nitrogens with zero attached hydrogens (tertiary/aromatic N) is 2. The molecule has 3 nitrogen and oxygen atoms in total. The SMILES string of the molecule is Cc1c(Cl)nc(C(C)C)nc1NCCCCCCC(C)C. The average molecular weight is 312 g/mol. The number of hydrogen-bond acceptors (Lipinski definition) is 3. The number of anilines is 1. The lowest BCUT2D eigenvalue weighted by atomic mass is 10.0. The number of aromatic nitrogens is 2. The summed E-state index contributed by atoms with van der Waals surface area (Å²) in [5.41, 5.74) is 0.945. The summed E-state index contributed by atoms with van der Waals surface area (Å²) in [6.07, 6.45) is 6.45. The molecule has 0 unspecified atom stereocenters. The van der Waals surface area contributed by atoms with Crippen molar-refractivity contribution in [2.45, 2.75) is 72.6 Å². The summed E-state index contributed by atoms with van der Waals surface area (Å²) in [5.74, 6) is 2.81. The lowest BCUT2D eigenvalue weighted by molar-refractivity contribution is 0.523. The van der Waals surface area contributed by atoms with E-state index in [4.69, 9.17) is 11.6 Å². The zero-order valence-corrected chi connectivity index (χ0v) is 14.9. The van der Waals surface area contributed by atoms with Crippen LogP contribution in [0.1, 0.15) is 77.1 Å². The lowest BCUT2D eigenvalue weighted by Crippen LogP contribution is -2.09. The van der Waals surface area contributed by atoms with Crippen molar-refractivity contribution in [3.05, 3.63) is 16.5 Å². The van der Waals surface area contributed by atoms with E-state index in [-0.39, 0.29) is 0 Å². The fourth-order valence-corrected chi connectivity index (χ4v) is 2.35. The molecule has 1 N–H and O–H groups in total. The van der Waals surface area contributed by atoms with E-state index in [1.165, 1.54) is 32.1 Å². The first kappa shape index (κ1) is 18.2. The molecule has 1 aromatic heterocycles. The van der Waals surface area contributed by atoms with E-state index >= 15 is 0 Å². The van der Waals surface area contributed by atoms with Crippen molar-refractivity contribution in [2.24, 2.45) is 5.92 Å².